The number of primary amides is 1. The summed E-state index contributed by atoms with van der Waals surface area (Å²) in [5, 5.41) is 2.87. The van der Waals surface area contributed by atoms with Crippen molar-refractivity contribution in [1.82, 2.24) is 4.98 Å². The molecule has 0 fully saturated rings. The van der Waals surface area contributed by atoms with Gasteiger partial charge in [-0.25, -0.2) is 0 Å². The molecule has 5 nitrogen and oxygen atoms in total. The highest BCUT2D eigenvalue weighted by atomic mass is 16.5. The fourth-order valence-electron chi connectivity index (χ4n) is 1.02. The number of anilines is 1. The molecule has 0 saturated carbocycles. The van der Waals surface area contributed by atoms with Crippen LogP contribution in [0, 0.1) is 0 Å². The van der Waals surface area contributed by atoms with Crippen molar-refractivity contribution in [1.29, 1.82) is 0 Å². The van der Waals surface area contributed by atoms with Gasteiger partial charge in [0.15, 0.2) is 0 Å². The summed E-state index contributed by atoms with van der Waals surface area (Å²) >= 11 is 0. The molecule has 1 atom stereocenters. The average Bonchev–Trinajstić information content (AvgIpc) is 2.18. The lowest BCUT2D eigenvalue weighted by atomic mass is 10.3. The Kier molecular flexibility index (Phi) is 3.91. The molecule has 3 N–H and O–H groups in total. The number of rotatable bonds is 5. The van der Waals surface area contributed by atoms with E-state index in [2.05, 4.69) is 10.3 Å². The molecule has 0 radical (unpaired) electrons. The molecule has 1 aromatic heterocycles. The first-order chi connectivity index (χ1) is 7.13. The minimum absolute atomic E-state index is 0.418. The Hall–Kier alpha value is -1.78. The molecular weight excluding hydrogens is 194 g/mol. The highest BCUT2D eigenvalue weighted by Crippen LogP contribution is 2.11. The molecule has 82 valence electrons. The van der Waals surface area contributed by atoms with E-state index in [1.165, 1.54) is 0 Å². The van der Waals surface area contributed by atoms with Gasteiger partial charge in [0.2, 0.25) is 11.8 Å². The Bertz CT molecular complexity index is 341. The van der Waals surface area contributed by atoms with Gasteiger partial charge < -0.3 is 15.8 Å². The number of ether oxygens (including phenoxy) is 1. The Morgan fingerprint density at radius 1 is 1.67 bits per heavy atom. The van der Waals surface area contributed by atoms with Crippen molar-refractivity contribution in [2.75, 3.05) is 11.9 Å². The topological polar surface area (TPSA) is 77.2 Å². The van der Waals surface area contributed by atoms with Gasteiger partial charge in [0.1, 0.15) is 11.9 Å². The van der Waals surface area contributed by atoms with Crippen LogP contribution in [0.25, 0.3) is 0 Å². The standard InChI is InChI=1S/C10H15N3O2/c1-3-15-9-6-4-5-8(13-9)12-7(2)10(11)14/h4-7H,3H2,1-2H3,(H2,11,14)(H,12,13). The number of nitrogens with one attached hydrogen (secondary N) is 1. The molecule has 15 heavy (non-hydrogen) atoms. The molecular formula is C10H15N3O2. The minimum Gasteiger partial charge on any atom is -0.478 e. The first-order valence-corrected chi connectivity index (χ1v) is 4.79. The maximum atomic E-state index is 10.8. The second-order valence-corrected chi connectivity index (χ2v) is 3.06. The van der Waals surface area contributed by atoms with Crippen molar-refractivity contribution in [2.45, 2.75) is 19.9 Å². The van der Waals surface area contributed by atoms with Gasteiger partial charge in [-0.3, -0.25) is 4.79 Å². The van der Waals surface area contributed by atoms with Gasteiger partial charge in [-0.15, -0.1) is 0 Å². The van der Waals surface area contributed by atoms with E-state index in [4.69, 9.17) is 10.5 Å². The van der Waals surface area contributed by atoms with Crippen LogP contribution < -0.4 is 15.8 Å². The fraction of sp³-hybridized carbons (Fsp3) is 0.400. The van der Waals surface area contributed by atoms with E-state index in [-0.39, 0.29) is 0 Å². The van der Waals surface area contributed by atoms with Gasteiger partial charge in [-0.05, 0) is 19.9 Å². The van der Waals surface area contributed by atoms with E-state index in [9.17, 15) is 4.79 Å². The van der Waals surface area contributed by atoms with E-state index < -0.39 is 11.9 Å². The Morgan fingerprint density at radius 2 is 2.40 bits per heavy atom. The van der Waals surface area contributed by atoms with Gasteiger partial charge >= 0.3 is 0 Å². The third-order valence-corrected chi connectivity index (χ3v) is 1.81. The summed E-state index contributed by atoms with van der Waals surface area (Å²) in [6, 6.07) is 4.86. The first-order valence-electron chi connectivity index (χ1n) is 4.79. The van der Waals surface area contributed by atoms with Gasteiger partial charge in [-0.1, -0.05) is 6.07 Å². The lowest BCUT2D eigenvalue weighted by molar-refractivity contribution is -0.118. The largest absolute Gasteiger partial charge is 0.478 e. The quantitative estimate of drug-likeness (QED) is 0.750. The van der Waals surface area contributed by atoms with E-state index in [1.54, 1.807) is 25.1 Å². The van der Waals surface area contributed by atoms with Crippen molar-refractivity contribution in [2.24, 2.45) is 5.73 Å². The van der Waals surface area contributed by atoms with Crippen LogP contribution in [-0.2, 0) is 4.79 Å². The summed E-state index contributed by atoms with van der Waals surface area (Å²) in [7, 11) is 0. The highest BCUT2D eigenvalue weighted by molar-refractivity contribution is 5.82. The number of amides is 1. The van der Waals surface area contributed by atoms with E-state index >= 15 is 0 Å². The predicted molar refractivity (Wildman–Crippen MR) is 57.7 cm³/mol. The van der Waals surface area contributed by atoms with E-state index in [1.807, 2.05) is 6.92 Å². The minimum atomic E-state index is -0.450. The molecule has 0 saturated heterocycles. The van der Waals surface area contributed by atoms with Gasteiger partial charge in [0, 0.05) is 6.07 Å². The maximum absolute atomic E-state index is 10.8. The molecule has 0 spiro atoms. The zero-order valence-electron chi connectivity index (χ0n) is 8.86. The average molecular weight is 209 g/mol. The van der Waals surface area contributed by atoms with Crippen molar-refractivity contribution in [3.05, 3.63) is 18.2 Å². The third kappa shape index (κ3) is 3.46. The number of hydrogen-bond donors (Lipinski definition) is 2. The normalized spacial score (nSPS) is 11.9. The second-order valence-electron chi connectivity index (χ2n) is 3.06. The monoisotopic (exact) mass is 209 g/mol. The highest BCUT2D eigenvalue weighted by Gasteiger charge is 2.08. The number of pyridine rings is 1. The second kappa shape index (κ2) is 5.19. The molecule has 0 aliphatic heterocycles. The van der Waals surface area contributed by atoms with Crippen LogP contribution in [0.5, 0.6) is 5.88 Å². The Labute approximate surface area is 88.6 Å². The van der Waals surface area contributed by atoms with E-state index in [0.29, 0.717) is 18.3 Å². The van der Waals surface area contributed by atoms with Crippen molar-refractivity contribution in [3.8, 4) is 5.88 Å². The summed E-state index contributed by atoms with van der Waals surface area (Å²) in [5.41, 5.74) is 5.12. The predicted octanol–water partition coefficient (Wildman–Crippen LogP) is 0.766. The van der Waals surface area contributed by atoms with Crippen molar-refractivity contribution < 1.29 is 9.53 Å². The Balaban J connectivity index is 2.68. The van der Waals surface area contributed by atoms with Crippen LogP contribution in [0.2, 0.25) is 0 Å². The summed E-state index contributed by atoms with van der Waals surface area (Å²) < 4.78 is 5.22. The smallest absolute Gasteiger partial charge is 0.239 e. The molecule has 5 heteroatoms. The molecule has 0 bridgehead atoms. The SMILES string of the molecule is CCOc1cccc(NC(C)C(N)=O)n1. The molecule has 1 heterocycles. The molecule has 1 aromatic rings. The number of carbonyl (C=O) groups is 1. The van der Waals surface area contributed by atoms with Crippen molar-refractivity contribution in [3.63, 3.8) is 0 Å². The molecule has 1 rings (SSSR count). The summed E-state index contributed by atoms with van der Waals surface area (Å²) in [6.45, 7) is 4.12. The molecule has 0 aliphatic carbocycles. The molecule has 1 unspecified atom stereocenters. The fourth-order valence-corrected chi connectivity index (χ4v) is 1.02. The summed E-state index contributed by atoms with van der Waals surface area (Å²) in [5.74, 6) is 0.685. The maximum Gasteiger partial charge on any atom is 0.239 e. The van der Waals surface area contributed by atoms with Gasteiger partial charge in [0.05, 0.1) is 6.61 Å². The van der Waals surface area contributed by atoms with Crippen LogP contribution in [0.3, 0.4) is 0 Å². The molecule has 1 amide bonds. The van der Waals surface area contributed by atoms with Crippen molar-refractivity contribution >= 4 is 11.7 Å². The zero-order chi connectivity index (χ0) is 11.3. The van der Waals surface area contributed by atoms with Gasteiger partial charge in [0.25, 0.3) is 0 Å². The number of carbonyl (C=O) groups excluding carboxylic acids is 1. The lowest BCUT2D eigenvalue weighted by Crippen LogP contribution is -2.32. The van der Waals surface area contributed by atoms with E-state index in [0.717, 1.165) is 0 Å². The number of nitrogens with two attached hydrogens (primary N) is 1. The third-order valence-electron chi connectivity index (χ3n) is 1.81. The van der Waals surface area contributed by atoms with Crippen LogP contribution in [0.1, 0.15) is 13.8 Å². The van der Waals surface area contributed by atoms with Gasteiger partial charge in [-0.2, -0.15) is 4.98 Å². The Morgan fingerprint density at radius 3 is 3.00 bits per heavy atom. The summed E-state index contributed by atoms with van der Waals surface area (Å²) in [4.78, 5) is 15.0. The molecule has 0 aromatic carbocycles. The van der Waals surface area contributed by atoms with Crippen LogP contribution >= 0.6 is 0 Å². The number of aromatic nitrogens is 1. The zero-order valence-corrected chi connectivity index (χ0v) is 8.86. The lowest BCUT2D eigenvalue weighted by Gasteiger charge is -2.11. The summed E-state index contributed by atoms with van der Waals surface area (Å²) in [6.07, 6.45) is 0. The van der Waals surface area contributed by atoms with Crippen LogP contribution in [0.15, 0.2) is 18.2 Å². The number of nitrogens with zero attached hydrogens (tertiary/aromatic N) is 1. The van der Waals surface area contributed by atoms with Crippen LogP contribution in [-0.4, -0.2) is 23.5 Å². The first kappa shape index (κ1) is 11.3. The van der Waals surface area contributed by atoms with Crippen LogP contribution in [0.4, 0.5) is 5.82 Å². The number of hydrogen-bond acceptors (Lipinski definition) is 4. The molecule has 0 aliphatic rings.